The van der Waals surface area contributed by atoms with Gasteiger partial charge < -0.3 is 5.32 Å². The lowest BCUT2D eigenvalue weighted by Gasteiger charge is -2.04. The van der Waals surface area contributed by atoms with E-state index in [-0.39, 0.29) is 10.6 Å². The van der Waals surface area contributed by atoms with Crippen molar-refractivity contribution >= 4 is 5.69 Å². The summed E-state index contributed by atoms with van der Waals surface area (Å²) in [7, 11) is 1.82. The fraction of sp³-hybridized carbons (Fsp3) is 0.333. The zero-order chi connectivity index (χ0) is 9.84. The summed E-state index contributed by atoms with van der Waals surface area (Å²) >= 11 is 0. The first-order valence-corrected chi connectivity index (χ1v) is 4.04. The molecule has 0 saturated carbocycles. The number of nitro groups is 1. The van der Waals surface area contributed by atoms with Crippen LogP contribution in [0, 0.1) is 17.0 Å². The summed E-state index contributed by atoms with van der Waals surface area (Å²) in [4.78, 5) is 10.2. The van der Waals surface area contributed by atoms with Gasteiger partial charge in [-0.2, -0.15) is 0 Å². The molecule has 0 atom stereocenters. The van der Waals surface area contributed by atoms with E-state index in [0.717, 1.165) is 11.1 Å². The van der Waals surface area contributed by atoms with Gasteiger partial charge in [-0.1, -0.05) is 12.1 Å². The molecule has 13 heavy (non-hydrogen) atoms. The van der Waals surface area contributed by atoms with Crippen LogP contribution in [-0.4, -0.2) is 12.0 Å². The Morgan fingerprint density at radius 3 is 2.77 bits per heavy atom. The molecule has 0 aliphatic rings. The molecule has 0 aliphatic carbocycles. The van der Waals surface area contributed by atoms with Crippen molar-refractivity contribution in [2.24, 2.45) is 0 Å². The van der Waals surface area contributed by atoms with Crippen molar-refractivity contribution in [3.05, 3.63) is 39.4 Å². The fourth-order valence-electron chi connectivity index (χ4n) is 1.25. The number of benzene rings is 1. The van der Waals surface area contributed by atoms with E-state index in [1.165, 1.54) is 6.07 Å². The monoisotopic (exact) mass is 180 g/mol. The van der Waals surface area contributed by atoms with Crippen LogP contribution in [0.25, 0.3) is 0 Å². The van der Waals surface area contributed by atoms with Gasteiger partial charge in [-0.05, 0) is 19.5 Å². The molecule has 70 valence electrons. The van der Waals surface area contributed by atoms with Crippen LogP contribution in [0.4, 0.5) is 5.69 Å². The van der Waals surface area contributed by atoms with Gasteiger partial charge in [0.05, 0.1) is 4.92 Å². The first kappa shape index (κ1) is 9.67. The zero-order valence-corrected chi connectivity index (χ0v) is 7.70. The number of nitro benzene ring substituents is 1. The highest BCUT2D eigenvalue weighted by Crippen LogP contribution is 2.20. The Hall–Kier alpha value is -1.42. The van der Waals surface area contributed by atoms with Crippen LogP contribution in [0.3, 0.4) is 0 Å². The van der Waals surface area contributed by atoms with Crippen molar-refractivity contribution < 1.29 is 4.92 Å². The molecule has 1 rings (SSSR count). The second-order valence-corrected chi connectivity index (χ2v) is 2.85. The van der Waals surface area contributed by atoms with E-state index in [9.17, 15) is 10.1 Å². The lowest BCUT2D eigenvalue weighted by Crippen LogP contribution is -2.07. The highest BCUT2D eigenvalue weighted by Gasteiger charge is 2.11. The molecular weight excluding hydrogens is 168 g/mol. The van der Waals surface area contributed by atoms with E-state index in [1.807, 2.05) is 13.1 Å². The van der Waals surface area contributed by atoms with Crippen molar-refractivity contribution in [1.82, 2.24) is 5.32 Å². The summed E-state index contributed by atoms with van der Waals surface area (Å²) in [6.45, 7) is 2.43. The van der Waals surface area contributed by atoms with Crippen LogP contribution < -0.4 is 5.32 Å². The van der Waals surface area contributed by atoms with E-state index in [4.69, 9.17) is 0 Å². The Bertz CT molecular complexity index is 323. The lowest BCUT2D eigenvalue weighted by atomic mass is 10.1. The zero-order valence-electron chi connectivity index (χ0n) is 7.70. The molecule has 0 saturated heterocycles. The average Bonchev–Trinajstić information content (AvgIpc) is 2.08. The smallest absolute Gasteiger partial charge is 0.272 e. The Balaban J connectivity index is 3.10. The van der Waals surface area contributed by atoms with Gasteiger partial charge in [-0.3, -0.25) is 10.1 Å². The van der Waals surface area contributed by atoms with E-state index >= 15 is 0 Å². The molecule has 0 bridgehead atoms. The molecule has 4 heteroatoms. The van der Waals surface area contributed by atoms with Crippen LogP contribution >= 0.6 is 0 Å². The predicted octanol–water partition coefficient (Wildman–Crippen LogP) is 1.62. The van der Waals surface area contributed by atoms with Crippen molar-refractivity contribution in [2.75, 3.05) is 7.05 Å². The summed E-state index contributed by atoms with van der Waals surface area (Å²) in [5, 5.41) is 13.5. The maximum atomic E-state index is 10.6. The van der Waals surface area contributed by atoms with Gasteiger partial charge >= 0.3 is 0 Å². The second-order valence-electron chi connectivity index (χ2n) is 2.85. The first-order valence-electron chi connectivity index (χ1n) is 4.04. The quantitative estimate of drug-likeness (QED) is 0.568. The van der Waals surface area contributed by atoms with Gasteiger partial charge in [0.15, 0.2) is 0 Å². The van der Waals surface area contributed by atoms with E-state index in [2.05, 4.69) is 5.32 Å². The van der Waals surface area contributed by atoms with Gasteiger partial charge in [-0.15, -0.1) is 0 Å². The lowest BCUT2D eigenvalue weighted by molar-refractivity contribution is -0.385. The number of nitrogens with zero attached hydrogens (tertiary/aromatic N) is 1. The normalized spacial score (nSPS) is 10.0. The third-order valence-electron chi connectivity index (χ3n) is 1.98. The van der Waals surface area contributed by atoms with Crippen LogP contribution in [0.5, 0.6) is 0 Å². The van der Waals surface area contributed by atoms with Gasteiger partial charge in [0.1, 0.15) is 0 Å². The summed E-state index contributed by atoms with van der Waals surface area (Å²) in [6, 6.07) is 5.12. The Morgan fingerprint density at radius 1 is 1.54 bits per heavy atom. The van der Waals surface area contributed by atoms with Crippen LogP contribution in [-0.2, 0) is 6.54 Å². The molecule has 0 fully saturated rings. The fourth-order valence-corrected chi connectivity index (χ4v) is 1.25. The largest absolute Gasteiger partial charge is 0.316 e. The van der Waals surface area contributed by atoms with E-state index in [1.54, 1.807) is 13.0 Å². The molecule has 0 aliphatic heterocycles. The van der Waals surface area contributed by atoms with Crippen molar-refractivity contribution in [2.45, 2.75) is 13.5 Å². The molecule has 0 radical (unpaired) electrons. The van der Waals surface area contributed by atoms with Gasteiger partial charge in [0, 0.05) is 18.2 Å². The number of rotatable bonds is 3. The number of hydrogen-bond donors (Lipinski definition) is 1. The maximum absolute atomic E-state index is 10.6. The maximum Gasteiger partial charge on any atom is 0.272 e. The van der Waals surface area contributed by atoms with Crippen LogP contribution in [0.1, 0.15) is 11.1 Å². The molecule has 0 aromatic heterocycles. The average molecular weight is 180 g/mol. The minimum Gasteiger partial charge on any atom is -0.316 e. The van der Waals surface area contributed by atoms with Gasteiger partial charge in [0.2, 0.25) is 0 Å². The predicted molar refractivity (Wildman–Crippen MR) is 50.6 cm³/mol. The summed E-state index contributed by atoms with van der Waals surface area (Å²) in [5.41, 5.74) is 1.89. The molecule has 1 aromatic carbocycles. The van der Waals surface area contributed by atoms with Gasteiger partial charge in [0.25, 0.3) is 5.69 Å². The standard InChI is InChI=1S/C9H12N2O2/c1-7-8(6-10-2)4-3-5-9(7)11(12)13/h3-5,10H,6H2,1-2H3. The highest BCUT2D eigenvalue weighted by atomic mass is 16.6. The van der Waals surface area contributed by atoms with E-state index in [0.29, 0.717) is 6.54 Å². The molecule has 0 heterocycles. The minimum absolute atomic E-state index is 0.188. The van der Waals surface area contributed by atoms with Gasteiger partial charge in [-0.25, -0.2) is 0 Å². The third-order valence-corrected chi connectivity index (χ3v) is 1.98. The Labute approximate surface area is 76.7 Å². The number of nitrogens with one attached hydrogen (secondary N) is 1. The molecular formula is C9H12N2O2. The minimum atomic E-state index is -0.353. The molecule has 0 unspecified atom stereocenters. The molecule has 1 aromatic rings. The first-order chi connectivity index (χ1) is 6.16. The summed E-state index contributed by atoms with van der Waals surface area (Å²) in [5.74, 6) is 0. The SMILES string of the molecule is CNCc1cccc([N+](=O)[O-])c1C. The van der Waals surface area contributed by atoms with Crippen molar-refractivity contribution in [3.63, 3.8) is 0 Å². The van der Waals surface area contributed by atoms with E-state index < -0.39 is 0 Å². The second kappa shape index (κ2) is 4.00. The van der Waals surface area contributed by atoms with Crippen molar-refractivity contribution in [1.29, 1.82) is 0 Å². The third kappa shape index (κ3) is 2.03. The molecule has 1 N–H and O–H groups in total. The molecule has 0 amide bonds. The number of hydrogen-bond acceptors (Lipinski definition) is 3. The summed E-state index contributed by atoms with van der Waals surface area (Å²) < 4.78 is 0. The summed E-state index contributed by atoms with van der Waals surface area (Å²) in [6.07, 6.45) is 0. The molecule has 4 nitrogen and oxygen atoms in total. The Morgan fingerprint density at radius 2 is 2.23 bits per heavy atom. The van der Waals surface area contributed by atoms with Crippen LogP contribution in [0.2, 0.25) is 0 Å². The van der Waals surface area contributed by atoms with Crippen molar-refractivity contribution in [3.8, 4) is 0 Å². The molecule has 0 spiro atoms. The van der Waals surface area contributed by atoms with Crippen LogP contribution in [0.15, 0.2) is 18.2 Å². The topological polar surface area (TPSA) is 55.2 Å². The Kier molecular flexibility index (Phi) is 2.97. The highest BCUT2D eigenvalue weighted by molar-refractivity contribution is 5.44.